The summed E-state index contributed by atoms with van der Waals surface area (Å²) < 4.78 is 0. The Labute approximate surface area is 101 Å². The normalized spacial score (nSPS) is 19.9. The molecule has 1 aromatic rings. The standard InChI is InChI=1S/C12H18ClN3/c13-9-3-4-11(14)12(8-9)16-7-5-10-2-1-6-15-10/h3-4,8,10,15-16H,1-2,5-7,14H2. The molecular formula is C12H18ClN3. The summed E-state index contributed by atoms with van der Waals surface area (Å²) in [5.74, 6) is 0. The van der Waals surface area contributed by atoms with E-state index in [1.807, 2.05) is 12.1 Å². The molecule has 88 valence electrons. The van der Waals surface area contributed by atoms with Crippen molar-refractivity contribution in [2.75, 3.05) is 24.1 Å². The number of nitrogens with two attached hydrogens (primary N) is 1. The van der Waals surface area contributed by atoms with E-state index in [2.05, 4.69) is 10.6 Å². The quantitative estimate of drug-likeness (QED) is 0.708. The molecule has 1 atom stereocenters. The van der Waals surface area contributed by atoms with Gasteiger partial charge in [0, 0.05) is 17.6 Å². The van der Waals surface area contributed by atoms with Gasteiger partial charge in [0.15, 0.2) is 0 Å². The topological polar surface area (TPSA) is 50.1 Å². The molecule has 0 amide bonds. The van der Waals surface area contributed by atoms with Crippen molar-refractivity contribution in [2.24, 2.45) is 0 Å². The fraction of sp³-hybridized carbons (Fsp3) is 0.500. The molecule has 1 aliphatic rings. The molecule has 0 bridgehead atoms. The van der Waals surface area contributed by atoms with Crippen molar-refractivity contribution < 1.29 is 0 Å². The first kappa shape index (κ1) is 11.6. The molecule has 1 fully saturated rings. The lowest BCUT2D eigenvalue weighted by molar-refractivity contribution is 0.574. The van der Waals surface area contributed by atoms with Gasteiger partial charge in [-0.05, 0) is 44.0 Å². The van der Waals surface area contributed by atoms with Gasteiger partial charge < -0.3 is 16.4 Å². The Morgan fingerprint density at radius 2 is 2.38 bits per heavy atom. The second kappa shape index (κ2) is 5.41. The van der Waals surface area contributed by atoms with E-state index in [4.69, 9.17) is 17.3 Å². The van der Waals surface area contributed by atoms with Crippen molar-refractivity contribution in [2.45, 2.75) is 25.3 Å². The molecule has 4 heteroatoms. The predicted octanol–water partition coefficient (Wildman–Crippen LogP) is 2.48. The molecule has 0 radical (unpaired) electrons. The van der Waals surface area contributed by atoms with Gasteiger partial charge >= 0.3 is 0 Å². The largest absolute Gasteiger partial charge is 0.397 e. The summed E-state index contributed by atoms with van der Waals surface area (Å²) in [4.78, 5) is 0. The minimum absolute atomic E-state index is 0.660. The molecule has 1 saturated heterocycles. The molecule has 1 unspecified atom stereocenters. The number of anilines is 2. The smallest absolute Gasteiger partial charge is 0.0588 e. The van der Waals surface area contributed by atoms with Crippen LogP contribution in [0.4, 0.5) is 11.4 Å². The van der Waals surface area contributed by atoms with E-state index in [1.165, 1.54) is 12.8 Å². The Morgan fingerprint density at radius 3 is 3.12 bits per heavy atom. The first-order valence-electron chi connectivity index (χ1n) is 5.78. The second-order valence-electron chi connectivity index (χ2n) is 4.24. The summed E-state index contributed by atoms with van der Waals surface area (Å²) in [6.07, 6.45) is 3.71. The number of nitrogens with one attached hydrogen (secondary N) is 2. The maximum absolute atomic E-state index is 5.91. The SMILES string of the molecule is Nc1ccc(Cl)cc1NCCC1CCCN1. The Balaban J connectivity index is 1.82. The zero-order valence-electron chi connectivity index (χ0n) is 9.30. The maximum atomic E-state index is 5.91. The first-order chi connectivity index (χ1) is 7.75. The van der Waals surface area contributed by atoms with E-state index < -0.39 is 0 Å². The van der Waals surface area contributed by atoms with Gasteiger partial charge in [-0.3, -0.25) is 0 Å². The van der Waals surface area contributed by atoms with E-state index in [-0.39, 0.29) is 0 Å². The summed E-state index contributed by atoms with van der Waals surface area (Å²) in [6, 6.07) is 6.17. The molecule has 4 N–H and O–H groups in total. The van der Waals surface area contributed by atoms with Gasteiger partial charge in [-0.2, -0.15) is 0 Å². The lowest BCUT2D eigenvalue weighted by atomic mass is 10.1. The molecule has 1 aliphatic heterocycles. The number of benzene rings is 1. The molecule has 1 heterocycles. The van der Waals surface area contributed by atoms with E-state index in [1.54, 1.807) is 6.07 Å². The average molecular weight is 240 g/mol. The lowest BCUT2D eigenvalue weighted by Crippen LogP contribution is -2.24. The predicted molar refractivity (Wildman–Crippen MR) is 70.0 cm³/mol. The molecule has 2 rings (SSSR count). The van der Waals surface area contributed by atoms with E-state index in [0.29, 0.717) is 6.04 Å². The van der Waals surface area contributed by atoms with Gasteiger partial charge in [-0.15, -0.1) is 0 Å². The number of nitrogen functional groups attached to an aromatic ring is 1. The van der Waals surface area contributed by atoms with Gasteiger partial charge in [0.2, 0.25) is 0 Å². The zero-order chi connectivity index (χ0) is 11.4. The third-order valence-electron chi connectivity index (χ3n) is 2.99. The summed E-state index contributed by atoms with van der Waals surface area (Å²) in [5, 5.41) is 7.52. The van der Waals surface area contributed by atoms with Crippen LogP contribution in [-0.2, 0) is 0 Å². The minimum atomic E-state index is 0.660. The van der Waals surface area contributed by atoms with Crippen LogP contribution in [0.25, 0.3) is 0 Å². The van der Waals surface area contributed by atoms with Crippen LogP contribution in [0, 0.1) is 0 Å². The molecule has 0 spiro atoms. The number of rotatable bonds is 4. The van der Waals surface area contributed by atoms with E-state index in [0.717, 1.165) is 35.9 Å². The van der Waals surface area contributed by atoms with Crippen LogP contribution >= 0.6 is 11.6 Å². The van der Waals surface area contributed by atoms with E-state index >= 15 is 0 Å². The van der Waals surface area contributed by atoms with Gasteiger partial charge in [0.1, 0.15) is 0 Å². The van der Waals surface area contributed by atoms with Crippen LogP contribution < -0.4 is 16.4 Å². The fourth-order valence-electron chi connectivity index (χ4n) is 2.07. The lowest BCUT2D eigenvalue weighted by Gasteiger charge is -2.13. The maximum Gasteiger partial charge on any atom is 0.0588 e. The highest BCUT2D eigenvalue weighted by Crippen LogP contribution is 2.23. The molecular weight excluding hydrogens is 222 g/mol. The zero-order valence-corrected chi connectivity index (χ0v) is 10.1. The van der Waals surface area contributed by atoms with Crippen LogP contribution in [0.3, 0.4) is 0 Å². The van der Waals surface area contributed by atoms with Crippen LogP contribution in [-0.4, -0.2) is 19.1 Å². The molecule has 3 nitrogen and oxygen atoms in total. The minimum Gasteiger partial charge on any atom is -0.397 e. The Bertz CT molecular complexity index is 348. The summed E-state index contributed by atoms with van der Waals surface area (Å²) in [6.45, 7) is 2.09. The monoisotopic (exact) mass is 239 g/mol. The van der Waals surface area contributed by atoms with Gasteiger partial charge in [0.25, 0.3) is 0 Å². The molecule has 1 aromatic carbocycles. The van der Waals surface area contributed by atoms with Crippen molar-refractivity contribution in [3.63, 3.8) is 0 Å². The van der Waals surface area contributed by atoms with Crippen molar-refractivity contribution in [3.8, 4) is 0 Å². The molecule has 16 heavy (non-hydrogen) atoms. The summed E-state index contributed by atoms with van der Waals surface area (Å²) in [5.41, 5.74) is 7.54. The highest BCUT2D eigenvalue weighted by molar-refractivity contribution is 6.31. The van der Waals surface area contributed by atoms with Crippen molar-refractivity contribution in [1.29, 1.82) is 0 Å². The highest BCUT2D eigenvalue weighted by atomic mass is 35.5. The number of hydrogen-bond donors (Lipinski definition) is 3. The Hall–Kier alpha value is -0.930. The fourth-order valence-corrected chi connectivity index (χ4v) is 2.24. The Morgan fingerprint density at radius 1 is 1.50 bits per heavy atom. The van der Waals surface area contributed by atoms with Crippen LogP contribution in [0.15, 0.2) is 18.2 Å². The average Bonchev–Trinajstić information content (AvgIpc) is 2.76. The summed E-state index contributed by atoms with van der Waals surface area (Å²) >= 11 is 5.91. The molecule has 0 aromatic heterocycles. The number of hydrogen-bond acceptors (Lipinski definition) is 3. The molecule has 0 aliphatic carbocycles. The van der Waals surface area contributed by atoms with Gasteiger partial charge in [0.05, 0.1) is 11.4 Å². The van der Waals surface area contributed by atoms with Gasteiger partial charge in [-0.1, -0.05) is 11.6 Å². The Kier molecular flexibility index (Phi) is 3.91. The van der Waals surface area contributed by atoms with Gasteiger partial charge in [-0.25, -0.2) is 0 Å². The van der Waals surface area contributed by atoms with Crippen LogP contribution in [0.1, 0.15) is 19.3 Å². The van der Waals surface area contributed by atoms with Crippen molar-refractivity contribution in [3.05, 3.63) is 23.2 Å². The van der Waals surface area contributed by atoms with E-state index in [9.17, 15) is 0 Å². The van der Waals surface area contributed by atoms with Crippen LogP contribution in [0.5, 0.6) is 0 Å². The van der Waals surface area contributed by atoms with Crippen molar-refractivity contribution >= 4 is 23.0 Å². The molecule has 0 saturated carbocycles. The second-order valence-corrected chi connectivity index (χ2v) is 4.68. The van der Waals surface area contributed by atoms with Crippen LogP contribution in [0.2, 0.25) is 5.02 Å². The third-order valence-corrected chi connectivity index (χ3v) is 3.22. The highest BCUT2D eigenvalue weighted by Gasteiger charge is 2.13. The summed E-state index contributed by atoms with van der Waals surface area (Å²) in [7, 11) is 0. The number of halogens is 1. The van der Waals surface area contributed by atoms with Crippen molar-refractivity contribution in [1.82, 2.24) is 5.32 Å². The third kappa shape index (κ3) is 3.03. The first-order valence-corrected chi connectivity index (χ1v) is 6.16.